The highest BCUT2D eigenvalue weighted by atomic mass is 79.9. The number of ether oxygens (including phenoxy) is 1. The molecule has 106 valence electrons. The summed E-state index contributed by atoms with van der Waals surface area (Å²) in [5, 5.41) is 0. The van der Waals surface area contributed by atoms with Gasteiger partial charge in [-0.05, 0) is 49.2 Å². The van der Waals surface area contributed by atoms with Crippen molar-refractivity contribution in [1.29, 1.82) is 0 Å². The molecule has 0 saturated heterocycles. The van der Waals surface area contributed by atoms with Gasteiger partial charge in [0.2, 0.25) is 0 Å². The summed E-state index contributed by atoms with van der Waals surface area (Å²) < 4.78 is 20.2. The van der Waals surface area contributed by atoms with Gasteiger partial charge in [-0.2, -0.15) is 0 Å². The Bertz CT molecular complexity index is 613. The van der Waals surface area contributed by atoms with Gasteiger partial charge < -0.3 is 10.5 Å². The number of halogens is 2. The fourth-order valence-corrected chi connectivity index (χ4v) is 2.34. The first kappa shape index (κ1) is 15.0. The van der Waals surface area contributed by atoms with Crippen LogP contribution in [0.1, 0.15) is 29.7 Å². The molecule has 0 aliphatic carbocycles. The van der Waals surface area contributed by atoms with Gasteiger partial charge in [0.05, 0.1) is 0 Å². The summed E-state index contributed by atoms with van der Waals surface area (Å²) in [5.41, 5.74) is 8.42. The number of hydrogen-bond donors (Lipinski definition) is 1. The molecule has 2 aromatic carbocycles. The van der Waals surface area contributed by atoms with Crippen LogP contribution in [0.3, 0.4) is 0 Å². The van der Waals surface area contributed by atoms with Crippen molar-refractivity contribution in [2.24, 2.45) is 5.73 Å². The first-order chi connectivity index (χ1) is 9.47. The molecule has 0 heterocycles. The van der Waals surface area contributed by atoms with Gasteiger partial charge in [-0.3, -0.25) is 0 Å². The summed E-state index contributed by atoms with van der Waals surface area (Å²) in [7, 11) is 0. The lowest BCUT2D eigenvalue weighted by Crippen LogP contribution is -2.06. The van der Waals surface area contributed by atoms with E-state index in [4.69, 9.17) is 10.5 Å². The minimum Gasteiger partial charge on any atom is -0.489 e. The molecule has 0 bridgehead atoms. The van der Waals surface area contributed by atoms with E-state index < -0.39 is 0 Å². The largest absolute Gasteiger partial charge is 0.489 e. The fraction of sp³-hybridized carbons (Fsp3) is 0.250. The molecule has 2 aromatic rings. The first-order valence-corrected chi connectivity index (χ1v) is 7.19. The summed E-state index contributed by atoms with van der Waals surface area (Å²) in [4.78, 5) is 0. The number of aryl methyl sites for hydroxylation is 1. The van der Waals surface area contributed by atoms with Crippen molar-refractivity contribution in [3.05, 3.63) is 63.4 Å². The second-order valence-corrected chi connectivity index (χ2v) is 5.75. The smallest absolute Gasteiger partial charge is 0.129 e. The zero-order valence-electron chi connectivity index (χ0n) is 11.5. The van der Waals surface area contributed by atoms with Crippen LogP contribution in [-0.2, 0) is 6.61 Å². The number of nitrogens with two attached hydrogens (primary N) is 1. The molecule has 20 heavy (non-hydrogen) atoms. The van der Waals surface area contributed by atoms with Crippen LogP contribution in [0.2, 0.25) is 0 Å². The molecule has 0 radical (unpaired) electrons. The van der Waals surface area contributed by atoms with E-state index in [9.17, 15) is 4.39 Å². The van der Waals surface area contributed by atoms with Crippen LogP contribution in [-0.4, -0.2) is 0 Å². The predicted octanol–water partition coefficient (Wildman–Crippen LogP) is 4.50. The average Bonchev–Trinajstić information content (AvgIpc) is 2.40. The minimum absolute atomic E-state index is 0.00901. The third kappa shape index (κ3) is 3.58. The highest BCUT2D eigenvalue weighted by Gasteiger charge is 2.07. The SMILES string of the molecule is Cc1cc([C@H](C)N)ccc1OCc1cc(Br)ccc1F. The normalized spacial score (nSPS) is 12.2. The minimum atomic E-state index is -0.266. The van der Waals surface area contributed by atoms with Crippen molar-refractivity contribution in [3.63, 3.8) is 0 Å². The molecule has 2 rings (SSSR count). The van der Waals surface area contributed by atoms with Gasteiger partial charge in [0.15, 0.2) is 0 Å². The van der Waals surface area contributed by atoms with Crippen LogP contribution in [0.25, 0.3) is 0 Å². The van der Waals surface area contributed by atoms with Crippen molar-refractivity contribution in [1.82, 2.24) is 0 Å². The lowest BCUT2D eigenvalue weighted by molar-refractivity contribution is 0.297. The number of hydrogen-bond acceptors (Lipinski definition) is 2. The van der Waals surface area contributed by atoms with Gasteiger partial charge >= 0.3 is 0 Å². The maximum Gasteiger partial charge on any atom is 0.129 e. The van der Waals surface area contributed by atoms with E-state index in [1.165, 1.54) is 6.07 Å². The molecule has 0 aromatic heterocycles. The Labute approximate surface area is 126 Å². The van der Waals surface area contributed by atoms with Gasteiger partial charge in [-0.1, -0.05) is 28.1 Å². The van der Waals surface area contributed by atoms with E-state index in [-0.39, 0.29) is 18.5 Å². The number of rotatable bonds is 4. The van der Waals surface area contributed by atoms with Gasteiger partial charge in [-0.25, -0.2) is 4.39 Å². The highest BCUT2D eigenvalue weighted by Crippen LogP contribution is 2.24. The quantitative estimate of drug-likeness (QED) is 0.891. The Balaban J connectivity index is 2.13. The average molecular weight is 338 g/mol. The van der Waals surface area contributed by atoms with Crippen LogP contribution < -0.4 is 10.5 Å². The van der Waals surface area contributed by atoms with Crippen molar-refractivity contribution >= 4 is 15.9 Å². The third-order valence-electron chi connectivity index (χ3n) is 3.12. The summed E-state index contributed by atoms with van der Waals surface area (Å²) in [6, 6.07) is 10.6. The Hall–Kier alpha value is -1.39. The zero-order chi connectivity index (χ0) is 14.7. The van der Waals surface area contributed by atoms with Gasteiger partial charge in [0.25, 0.3) is 0 Å². The Morgan fingerprint density at radius 1 is 1.25 bits per heavy atom. The summed E-state index contributed by atoms with van der Waals surface area (Å²) in [6.07, 6.45) is 0. The van der Waals surface area contributed by atoms with Gasteiger partial charge in [0.1, 0.15) is 18.2 Å². The molecular weight excluding hydrogens is 321 g/mol. The van der Waals surface area contributed by atoms with Crippen LogP contribution in [0, 0.1) is 12.7 Å². The zero-order valence-corrected chi connectivity index (χ0v) is 13.1. The predicted molar refractivity (Wildman–Crippen MR) is 82.2 cm³/mol. The monoisotopic (exact) mass is 337 g/mol. The molecular formula is C16H17BrFNO. The van der Waals surface area contributed by atoms with Gasteiger partial charge in [0, 0.05) is 16.1 Å². The molecule has 0 amide bonds. The molecule has 4 heteroatoms. The van der Waals surface area contributed by atoms with Crippen molar-refractivity contribution in [2.45, 2.75) is 26.5 Å². The molecule has 0 spiro atoms. The first-order valence-electron chi connectivity index (χ1n) is 6.40. The van der Waals surface area contributed by atoms with Crippen LogP contribution in [0.15, 0.2) is 40.9 Å². The van der Waals surface area contributed by atoms with E-state index in [0.29, 0.717) is 5.56 Å². The molecule has 0 saturated carbocycles. The van der Waals surface area contributed by atoms with E-state index >= 15 is 0 Å². The summed E-state index contributed by atoms with van der Waals surface area (Å²) >= 11 is 3.33. The third-order valence-corrected chi connectivity index (χ3v) is 3.61. The van der Waals surface area contributed by atoms with E-state index in [1.807, 2.05) is 32.0 Å². The van der Waals surface area contributed by atoms with E-state index in [1.54, 1.807) is 12.1 Å². The second-order valence-electron chi connectivity index (χ2n) is 4.84. The van der Waals surface area contributed by atoms with Crippen molar-refractivity contribution < 1.29 is 9.13 Å². The fourth-order valence-electron chi connectivity index (χ4n) is 1.93. The van der Waals surface area contributed by atoms with Crippen LogP contribution in [0.5, 0.6) is 5.75 Å². The van der Waals surface area contributed by atoms with E-state index in [2.05, 4.69) is 15.9 Å². The van der Waals surface area contributed by atoms with E-state index in [0.717, 1.165) is 21.3 Å². The Morgan fingerprint density at radius 2 is 2.00 bits per heavy atom. The van der Waals surface area contributed by atoms with Crippen LogP contribution >= 0.6 is 15.9 Å². The molecule has 1 atom stereocenters. The molecule has 0 fully saturated rings. The second kappa shape index (κ2) is 6.37. The summed E-state index contributed by atoms with van der Waals surface area (Å²) in [5.74, 6) is 0.479. The molecule has 2 N–H and O–H groups in total. The standard InChI is InChI=1S/C16H17BrFNO/c1-10-7-12(11(2)19)3-6-16(10)20-9-13-8-14(17)4-5-15(13)18/h3-8,11H,9,19H2,1-2H3/t11-/m0/s1. The highest BCUT2D eigenvalue weighted by molar-refractivity contribution is 9.10. The maximum atomic E-state index is 13.6. The lowest BCUT2D eigenvalue weighted by Gasteiger charge is -2.13. The molecule has 0 aliphatic rings. The maximum absolute atomic E-state index is 13.6. The van der Waals surface area contributed by atoms with Gasteiger partial charge in [-0.15, -0.1) is 0 Å². The Morgan fingerprint density at radius 3 is 2.65 bits per heavy atom. The molecule has 2 nitrogen and oxygen atoms in total. The lowest BCUT2D eigenvalue weighted by atomic mass is 10.1. The van der Waals surface area contributed by atoms with Crippen molar-refractivity contribution in [2.75, 3.05) is 0 Å². The molecule has 0 aliphatic heterocycles. The van der Waals surface area contributed by atoms with Crippen LogP contribution in [0.4, 0.5) is 4.39 Å². The van der Waals surface area contributed by atoms with Crippen molar-refractivity contribution in [3.8, 4) is 5.75 Å². The molecule has 0 unspecified atom stereocenters. The number of benzene rings is 2. The summed E-state index contributed by atoms with van der Waals surface area (Å²) in [6.45, 7) is 4.09. The Kier molecular flexibility index (Phi) is 4.78. The topological polar surface area (TPSA) is 35.2 Å².